The molecule has 3 aromatic carbocycles. The van der Waals surface area contributed by atoms with Crippen molar-refractivity contribution >= 4 is 17.6 Å². The molecule has 140 valence electrons. The molecule has 0 bridgehead atoms. The van der Waals surface area contributed by atoms with Crippen LogP contribution in [0.4, 0.5) is 5.69 Å². The van der Waals surface area contributed by atoms with E-state index in [-0.39, 0.29) is 5.91 Å². The van der Waals surface area contributed by atoms with E-state index in [9.17, 15) is 9.59 Å². The summed E-state index contributed by atoms with van der Waals surface area (Å²) in [6.45, 7) is 0.424. The summed E-state index contributed by atoms with van der Waals surface area (Å²) >= 11 is 0. The lowest BCUT2D eigenvalue weighted by molar-refractivity contribution is -0.126. The third kappa shape index (κ3) is 3.34. The highest BCUT2D eigenvalue weighted by Crippen LogP contribution is 2.39. The molecule has 0 aliphatic carbocycles. The highest BCUT2D eigenvalue weighted by molar-refractivity contribution is 6.05. The zero-order valence-electron chi connectivity index (χ0n) is 15.4. The molecular weight excluding hydrogens is 354 g/mol. The summed E-state index contributed by atoms with van der Waals surface area (Å²) in [7, 11) is 1.56. The van der Waals surface area contributed by atoms with Gasteiger partial charge in [0.25, 0.3) is 5.91 Å². The molecule has 0 radical (unpaired) electrons. The predicted octanol–water partition coefficient (Wildman–Crippen LogP) is 4.14. The van der Waals surface area contributed by atoms with Crippen LogP contribution in [0.5, 0.6) is 5.75 Å². The van der Waals surface area contributed by atoms with E-state index < -0.39 is 12.1 Å². The molecule has 3 aromatic rings. The molecule has 0 aromatic heterocycles. The van der Waals surface area contributed by atoms with Crippen molar-refractivity contribution in [2.24, 2.45) is 0 Å². The summed E-state index contributed by atoms with van der Waals surface area (Å²) in [5.74, 6) is -0.142. The minimum Gasteiger partial charge on any atom is -0.497 e. The van der Waals surface area contributed by atoms with Crippen LogP contribution in [0, 0.1) is 0 Å². The molecule has 0 N–H and O–H groups in total. The summed E-state index contributed by atoms with van der Waals surface area (Å²) < 4.78 is 10.7. The Morgan fingerprint density at radius 2 is 1.61 bits per heavy atom. The number of rotatable bonds is 5. The van der Waals surface area contributed by atoms with E-state index in [0.717, 1.165) is 11.3 Å². The van der Waals surface area contributed by atoms with Crippen molar-refractivity contribution in [2.75, 3.05) is 12.0 Å². The van der Waals surface area contributed by atoms with E-state index in [0.29, 0.717) is 23.4 Å². The number of amides is 1. The average Bonchev–Trinajstić information content (AvgIpc) is 3.00. The van der Waals surface area contributed by atoms with Gasteiger partial charge in [0, 0.05) is 5.56 Å². The number of esters is 1. The number of methoxy groups -OCH3 is 1. The number of benzene rings is 3. The van der Waals surface area contributed by atoms with Crippen LogP contribution in [-0.2, 0) is 16.1 Å². The van der Waals surface area contributed by atoms with Crippen molar-refractivity contribution in [3.05, 3.63) is 95.6 Å². The number of fused-ring (bicyclic) bond motifs is 1. The molecule has 28 heavy (non-hydrogen) atoms. The average molecular weight is 373 g/mol. The molecule has 1 aliphatic heterocycles. The van der Waals surface area contributed by atoms with Gasteiger partial charge in [-0.25, -0.2) is 4.79 Å². The highest BCUT2D eigenvalue weighted by atomic mass is 16.5. The fourth-order valence-electron chi connectivity index (χ4n) is 3.29. The first-order valence-electron chi connectivity index (χ1n) is 8.96. The van der Waals surface area contributed by atoms with Crippen LogP contribution in [0.1, 0.15) is 27.6 Å². The van der Waals surface area contributed by atoms with E-state index in [1.807, 2.05) is 54.6 Å². The minimum absolute atomic E-state index is 0.244. The van der Waals surface area contributed by atoms with E-state index in [2.05, 4.69) is 0 Å². The maximum Gasteiger partial charge on any atom is 0.339 e. The quantitative estimate of drug-likeness (QED) is 0.631. The first-order valence-corrected chi connectivity index (χ1v) is 8.96. The third-order valence-corrected chi connectivity index (χ3v) is 4.73. The van der Waals surface area contributed by atoms with Crippen molar-refractivity contribution in [3.63, 3.8) is 0 Å². The number of nitrogens with zero attached hydrogens (tertiary/aromatic N) is 1. The summed E-state index contributed by atoms with van der Waals surface area (Å²) in [4.78, 5) is 27.3. The Balaban J connectivity index is 1.58. The number of carbonyl (C=O) groups excluding carboxylic acids is 2. The van der Waals surface area contributed by atoms with Crippen LogP contribution in [-0.4, -0.2) is 19.0 Å². The fraction of sp³-hybridized carbons (Fsp3) is 0.130. The van der Waals surface area contributed by atoms with Gasteiger partial charge in [0.2, 0.25) is 6.10 Å². The van der Waals surface area contributed by atoms with Crippen LogP contribution in [0.3, 0.4) is 0 Å². The van der Waals surface area contributed by atoms with Crippen molar-refractivity contribution in [3.8, 4) is 5.75 Å². The van der Waals surface area contributed by atoms with Crippen LogP contribution in [0.2, 0.25) is 0 Å². The summed E-state index contributed by atoms with van der Waals surface area (Å²) in [6.07, 6.45) is -0.950. The first kappa shape index (κ1) is 17.8. The molecule has 5 nitrogen and oxygen atoms in total. The lowest BCUT2D eigenvalue weighted by Crippen LogP contribution is -2.30. The second kappa shape index (κ2) is 7.56. The van der Waals surface area contributed by atoms with E-state index in [1.54, 1.807) is 36.3 Å². The predicted molar refractivity (Wildman–Crippen MR) is 105 cm³/mol. The molecule has 0 spiro atoms. The van der Waals surface area contributed by atoms with Crippen LogP contribution in [0.25, 0.3) is 0 Å². The Morgan fingerprint density at radius 1 is 0.929 bits per heavy atom. The van der Waals surface area contributed by atoms with E-state index in [4.69, 9.17) is 9.47 Å². The summed E-state index contributed by atoms with van der Waals surface area (Å²) in [6, 6.07) is 23.7. The number of anilines is 1. The fourth-order valence-corrected chi connectivity index (χ4v) is 3.29. The number of hydrogen-bond acceptors (Lipinski definition) is 4. The standard InChI is InChI=1S/C23H19NO4/c1-27-18-13-11-17(12-14-18)23(26)28-21-19-9-5-6-10-20(19)24(22(21)25)15-16-7-3-2-4-8-16/h2-14,21H,15H2,1H3. The van der Waals surface area contributed by atoms with Crippen molar-refractivity contribution in [1.82, 2.24) is 0 Å². The molecule has 1 atom stereocenters. The van der Waals surface area contributed by atoms with Crippen molar-refractivity contribution in [2.45, 2.75) is 12.6 Å². The Morgan fingerprint density at radius 3 is 2.32 bits per heavy atom. The third-order valence-electron chi connectivity index (χ3n) is 4.73. The molecule has 0 fully saturated rings. The van der Waals surface area contributed by atoms with Gasteiger partial charge in [0.15, 0.2) is 0 Å². The molecule has 5 heteroatoms. The molecule has 1 heterocycles. The van der Waals surface area contributed by atoms with Gasteiger partial charge in [-0.1, -0.05) is 48.5 Å². The Bertz CT molecular complexity index is 999. The van der Waals surface area contributed by atoms with Gasteiger partial charge in [0.05, 0.1) is 24.9 Å². The first-order chi connectivity index (χ1) is 13.7. The van der Waals surface area contributed by atoms with Crippen molar-refractivity contribution < 1.29 is 19.1 Å². The van der Waals surface area contributed by atoms with Gasteiger partial charge in [-0.05, 0) is 35.9 Å². The smallest absolute Gasteiger partial charge is 0.339 e. The second-order valence-corrected chi connectivity index (χ2v) is 6.48. The molecule has 0 saturated carbocycles. The van der Waals surface area contributed by atoms with Gasteiger partial charge >= 0.3 is 5.97 Å². The van der Waals surface area contributed by atoms with Gasteiger partial charge in [-0.3, -0.25) is 4.79 Å². The summed E-state index contributed by atoms with van der Waals surface area (Å²) in [5.41, 5.74) is 2.84. The van der Waals surface area contributed by atoms with Gasteiger partial charge < -0.3 is 14.4 Å². The molecule has 1 unspecified atom stereocenters. The Labute approximate surface area is 163 Å². The minimum atomic E-state index is -0.950. The molecule has 1 amide bonds. The largest absolute Gasteiger partial charge is 0.497 e. The Hall–Kier alpha value is -3.60. The zero-order chi connectivity index (χ0) is 19.5. The van der Waals surface area contributed by atoms with E-state index >= 15 is 0 Å². The van der Waals surface area contributed by atoms with Crippen molar-refractivity contribution in [1.29, 1.82) is 0 Å². The topological polar surface area (TPSA) is 55.8 Å². The second-order valence-electron chi connectivity index (χ2n) is 6.48. The Kier molecular flexibility index (Phi) is 4.81. The lowest BCUT2D eigenvalue weighted by atomic mass is 10.1. The van der Waals surface area contributed by atoms with E-state index in [1.165, 1.54) is 0 Å². The molecular formula is C23H19NO4. The maximum absolute atomic E-state index is 13.1. The zero-order valence-corrected chi connectivity index (χ0v) is 15.4. The monoisotopic (exact) mass is 373 g/mol. The SMILES string of the molecule is COc1ccc(C(=O)OC2C(=O)N(Cc3ccccc3)c3ccccc32)cc1. The normalized spacial score (nSPS) is 15.2. The maximum atomic E-state index is 13.1. The van der Waals surface area contributed by atoms with Crippen LogP contribution < -0.4 is 9.64 Å². The number of para-hydroxylation sites is 1. The molecule has 4 rings (SSSR count). The van der Waals surface area contributed by atoms with Crippen LogP contribution >= 0.6 is 0 Å². The molecule has 0 saturated heterocycles. The summed E-state index contributed by atoms with van der Waals surface area (Å²) in [5, 5.41) is 0. The number of carbonyl (C=O) groups is 2. The number of ether oxygens (including phenoxy) is 2. The molecule has 1 aliphatic rings. The number of hydrogen-bond donors (Lipinski definition) is 0. The van der Waals surface area contributed by atoms with Gasteiger partial charge in [-0.2, -0.15) is 0 Å². The van der Waals surface area contributed by atoms with Gasteiger partial charge in [0.1, 0.15) is 5.75 Å². The highest BCUT2D eigenvalue weighted by Gasteiger charge is 2.39. The van der Waals surface area contributed by atoms with Crippen LogP contribution in [0.15, 0.2) is 78.9 Å². The lowest BCUT2D eigenvalue weighted by Gasteiger charge is -2.18. The van der Waals surface area contributed by atoms with Gasteiger partial charge in [-0.15, -0.1) is 0 Å².